The number of nitrogens with two attached hydrogens (primary N) is 1. The smallest absolute Gasteiger partial charge is 0.212 e. The van der Waals surface area contributed by atoms with E-state index in [-0.39, 0.29) is 12.4 Å². The molecule has 0 atom stereocenters. The quantitative estimate of drug-likeness (QED) is 0.517. The maximum Gasteiger partial charge on any atom is 0.212 e. The van der Waals surface area contributed by atoms with Crippen LogP contribution in [-0.2, 0) is 10.0 Å². The molecule has 1 rings (SSSR count). The molecule has 1 aromatic carbocycles. The van der Waals surface area contributed by atoms with E-state index in [0.717, 1.165) is 4.90 Å². The van der Waals surface area contributed by atoms with Gasteiger partial charge in [-0.05, 0) is 38.1 Å². The van der Waals surface area contributed by atoms with Crippen LogP contribution in [0.2, 0.25) is 0 Å². The second-order valence-corrected chi connectivity index (χ2v) is 7.89. The molecule has 0 heterocycles. The third-order valence-electron chi connectivity index (χ3n) is 2.33. The molecule has 0 aliphatic carbocycles. The Morgan fingerprint density at radius 3 is 2.42 bits per heavy atom. The summed E-state index contributed by atoms with van der Waals surface area (Å²) in [5.41, 5.74) is 5.43. The van der Waals surface area contributed by atoms with Gasteiger partial charge in [-0.3, -0.25) is 0 Å². The van der Waals surface area contributed by atoms with Crippen LogP contribution in [0.5, 0.6) is 0 Å². The lowest BCUT2D eigenvalue weighted by atomic mass is 10.1. The fraction of sp³-hybridized carbons (Fsp3) is 0.500. The highest BCUT2D eigenvalue weighted by atomic mass is 32.2. The maximum absolute atomic E-state index is 11.8. The predicted molar refractivity (Wildman–Crippen MR) is 79.7 cm³/mol. The largest absolute Gasteiger partial charge is 0.399 e. The number of anilines is 1. The average Bonchev–Trinajstić information content (AvgIpc) is 2.30. The van der Waals surface area contributed by atoms with E-state index in [1.54, 1.807) is 26.0 Å². The van der Waals surface area contributed by atoms with Crippen LogP contribution in [0.25, 0.3) is 0 Å². The zero-order valence-corrected chi connectivity index (χ0v) is 12.7. The number of aliphatic hydroxyl groups excluding tert-OH is 1. The van der Waals surface area contributed by atoms with Crippen LogP contribution in [0.15, 0.2) is 29.2 Å². The van der Waals surface area contributed by atoms with Gasteiger partial charge >= 0.3 is 0 Å². The molecule has 19 heavy (non-hydrogen) atoms. The first-order valence-electron chi connectivity index (χ1n) is 5.85. The molecule has 0 aromatic heterocycles. The fourth-order valence-corrected chi connectivity index (χ4v) is 4.12. The van der Waals surface area contributed by atoms with Crippen LogP contribution in [0.4, 0.5) is 5.69 Å². The Hall–Kier alpha value is -0.760. The van der Waals surface area contributed by atoms with Gasteiger partial charge < -0.3 is 10.8 Å². The minimum atomic E-state index is -3.39. The second-order valence-electron chi connectivity index (χ2n) is 4.88. The third-order valence-corrected chi connectivity index (χ3v) is 5.21. The van der Waals surface area contributed by atoms with Gasteiger partial charge in [-0.2, -0.15) is 0 Å². The van der Waals surface area contributed by atoms with Crippen molar-refractivity contribution >= 4 is 27.5 Å². The molecule has 7 heteroatoms. The van der Waals surface area contributed by atoms with Crippen molar-refractivity contribution in [1.29, 1.82) is 0 Å². The van der Waals surface area contributed by atoms with Crippen LogP contribution in [0.1, 0.15) is 13.8 Å². The van der Waals surface area contributed by atoms with Crippen LogP contribution in [-0.4, -0.2) is 37.2 Å². The topological polar surface area (TPSA) is 92.4 Å². The number of nitrogen functional groups attached to an aromatic ring is 1. The Bertz CT molecular complexity index is 498. The lowest BCUT2D eigenvalue weighted by molar-refractivity contribution is 0.208. The van der Waals surface area contributed by atoms with Crippen LogP contribution < -0.4 is 10.5 Å². The molecule has 0 saturated carbocycles. The molecule has 0 unspecified atom stereocenters. The van der Waals surface area contributed by atoms with Crippen molar-refractivity contribution in [2.75, 3.05) is 23.8 Å². The lowest BCUT2D eigenvalue weighted by Crippen LogP contribution is -2.47. The Morgan fingerprint density at radius 2 is 1.89 bits per heavy atom. The minimum absolute atomic E-state index is 0.00543. The number of nitrogens with one attached hydrogen (secondary N) is 1. The molecule has 0 bridgehead atoms. The van der Waals surface area contributed by atoms with E-state index in [9.17, 15) is 8.42 Å². The van der Waals surface area contributed by atoms with E-state index in [1.165, 1.54) is 11.8 Å². The minimum Gasteiger partial charge on any atom is -0.399 e. The van der Waals surface area contributed by atoms with Crippen molar-refractivity contribution < 1.29 is 13.5 Å². The van der Waals surface area contributed by atoms with Crippen LogP contribution >= 0.6 is 11.8 Å². The Morgan fingerprint density at radius 1 is 1.32 bits per heavy atom. The molecule has 0 amide bonds. The monoisotopic (exact) mass is 304 g/mol. The van der Waals surface area contributed by atoms with Gasteiger partial charge in [0.25, 0.3) is 0 Å². The molecule has 0 spiro atoms. The van der Waals surface area contributed by atoms with Crippen LogP contribution in [0, 0.1) is 0 Å². The zero-order chi connectivity index (χ0) is 14.5. The SMILES string of the molecule is CC(C)(CO)NS(=O)(=O)CCSc1ccc(N)cc1. The highest BCUT2D eigenvalue weighted by Crippen LogP contribution is 2.19. The molecule has 5 nitrogen and oxygen atoms in total. The fourth-order valence-electron chi connectivity index (χ4n) is 1.34. The summed E-state index contributed by atoms with van der Waals surface area (Å²) in [6.45, 7) is 3.03. The lowest BCUT2D eigenvalue weighted by Gasteiger charge is -2.23. The van der Waals surface area contributed by atoms with E-state index in [0.29, 0.717) is 11.4 Å². The van der Waals surface area contributed by atoms with E-state index < -0.39 is 15.6 Å². The summed E-state index contributed by atoms with van der Waals surface area (Å²) >= 11 is 1.45. The van der Waals surface area contributed by atoms with Crippen molar-refractivity contribution in [3.8, 4) is 0 Å². The molecule has 1 aromatic rings. The van der Waals surface area contributed by atoms with Gasteiger partial charge in [0.2, 0.25) is 10.0 Å². The number of benzene rings is 1. The Kier molecular flexibility index (Phi) is 5.66. The zero-order valence-electron chi connectivity index (χ0n) is 11.1. The third kappa shape index (κ3) is 6.29. The Balaban J connectivity index is 2.46. The number of sulfonamides is 1. The number of thioether (sulfide) groups is 1. The summed E-state index contributed by atoms with van der Waals surface area (Å²) in [7, 11) is -3.39. The number of hydrogen-bond acceptors (Lipinski definition) is 5. The molecule has 0 fully saturated rings. The van der Waals surface area contributed by atoms with E-state index in [4.69, 9.17) is 10.8 Å². The molecule has 108 valence electrons. The van der Waals surface area contributed by atoms with Gasteiger partial charge in [-0.15, -0.1) is 11.8 Å². The van der Waals surface area contributed by atoms with Gasteiger partial charge in [-0.1, -0.05) is 0 Å². The standard InChI is InChI=1S/C12H20N2O3S2/c1-12(2,9-15)14-19(16,17)8-7-18-11-5-3-10(13)4-6-11/h3-6,14-15H,7-9,13H2,1-2H3. The molecule has 0 radical (unpaired) electrons. The van der Waals surface area contributed by atoms with Gasteiger partial charge in [0.15, 0.2) is 0 Å². The highest BCUT2D eigenvalue weighted by Gasteiger charge is 2.23. The van der Waals surface area contributed by atoms with Crippen LogP contribution in [0.3, 0.4) is 0 Å². The molecule has 0 aliphatic rings. The van der Waals surface area contributed by atoms with E-state index in [1.807, 2.05) is 12.1 Å². The van der Waals surface area contributed by atoms with Crippen molar-refractivity contribution in [2.45, 2.75) is 24.3 Å². The first-order chi connectivity index (χ1) is 8.74. The van der Waals surface area contributed by atoms with Crippen molar-refractivity contribution in [3.63, 3.8) is 0 Å². The van der Waals surface area contributed by atoms with Crippen molar-refractivity contribution in [2.24, 2.45) is 0 Å². The summed E-state index contributed by atoms with van der Waals surface area (Å²) in [4.78, 5) is 0.978. The molecular weight excluding hydrogens is 284 g/mol. The van der Waals surface area contributed by atoms with Gasteiger partial charge in [0.1, 0.15) is 0 Å². The van der Waals surface area contributed by atoms with Crippen molar-refractivity contribution in [3.05, 3.63) is 24.3 Å². The summed E-state index contributed by atoms with van der Waals surface area (Å²) in [6, 6.07) is 7.28. The van der Waals surface area contributed by atoms with Gasteiger partial charge in [0, 0.05) is 16.3 Å². The van der Waals surface area contributed by atoms with Gasteiger partial charge in [-0.25, -0.2) is 13.1 Å². The number of hydrogen-bond donors (Lipinski definition) is 3. The van der Waals surface area contributed by atoms with Crippen molar-refractivity contribution in [1.82, 2.24) is 4.72 Å². The Labute approximate surface area is 118 Å². The first kappa shape index (κ1) is 16.3. The van der Waals surface area contributed by atoms with Gasteiger partial charge in [0.05, 0.1) is 17.9 Å². The predicted octanol–water partition coefficient (Wildman–Crippen LogP) is 1.05. The summed E-state index contributed by atoms with van der Waals surface area (Å²) in [6.07, 6.45) is 0. The van der Waals surface area contributed by atoms with E-state index in [2.05, 4.69) is 4.72 Å². The molecule has 0 saturated heterocycles. The average molecular weight is 304 g/mol. The first-order valence-corrected chi connectivity index (χ1v) is 8.49. The summed E-state index contributed by atoms with van der Waals surface area (Å²) < 4.78 is 26.1. The second kappa shape index (κ2) is 6.60. The molecular formula is C12H20N2O3S2. The van der Waals surface area contributed by atoms with E-state index >= 15 is 0 Å². The normalized spacial score (nSPS) is 12.6. The molecule has 0 aliphatic heterocycles. The summed E-state index contributed by atoms with van der Waals surface area (Å²) in [5.74, 6) is 0.451. The number of rotatable bonds is 7. The summed E-state index contributed by atoms with van der Waals surface area (Å²) in [5, 5.41) is 9.04. The highest BCUT2D eigenvalue weighted by molar-refractivity contribution is 8.00. The maximum atomic E-state index is 11.8. The molecule has 4 N–H and O–H groups in total. The number of aliphatic hydroxyl groups is 1.